The molecule has 0 radical (unpaired) electrons. The van der Waals surface area contributed by atoms with Gasteiger partial charge in [-0.3, -0.25) is 15.0 Å². The molecule has 3 aromatic rings. The predicted molar refractivity (Wildman–Crippen MR) is 129 cm³/mol. The van der Waals surface area contributed by atoms with Crippen LogP contribution in [-0.4, -0.2) is 44.1 Å². The van der Waals surface area contributed by atoms with Crippen LogP contribution in [-0.2, 0) is 16.0 Å². The van der Waals surface area contributed by atoms with Gasteiger partial charge in [-0.1, -0.05) is 42.1 Å². The van der Waals surface area contributed by atoms with Gasteiger partial charge in [0.15, 0.2) is 0 Å². The first-order valence-corrected chi connectivity index (χ1v) is 12.4. The molecule has 4 amide bonds. The van der Waals surface area contributed by atoms with E-state index in [1.807, 2.05) is 51.1 Å². The first-order valence-electron chi connectivity index (χ1n) is 10.6. The molecule has 8 nitrogen and oxygen atoms in total. The van der Waals surface area contributed by atoms with Gasteiger partial charge in [-0.2, -0.15) is 5.01 Å². The fourth-order valence-corrected chi connectivity index (χ4v) is 5.77. The zero-order chi connectivity index (χ0) is 23.8. The van der Waals surface area contributed by atoms with Crippen molar-refractivity contribution in [3.05, 3.63) is 52.2 Å². The molecule has 172 valence electrons. The number of hydrogen-bond donors (Lipinski definition) is 2. The highest BCUT2D eigenvalue weighted by molar-refractivity contribution is 8.00. The average Bonchev–Trinajstić information content (AvgIpc) is 3.18. The lowest BCUT2D eigenvalue weighted by molar-refractivity contribution is -0.138. The molecule has 3 heterocycles. The second-order valence-electron chi connectivity index (χ2n) is 8.25. The number of thioether (sulfide) groups is 1. The first kappa shape index (κ1) is 23.2. The van der Waals surface area contributed by atoms with Crippen LogP contribution in [0.15, 0.2) is 35.4 Å². The minimum Gasteiger partial charge on any atom is -0.322 e. The van der Waals surface area contributed by atoms with Crippen molar-refractivity contribution in [1.82, 2.24) is 25.7 Å². The summed E-state index contributed by atoms with van der Waals surface area (Å²) in [6, 6.07) is 9.12. The number of carbonyl (C=O) groups excluding carboxylic acids is 3. The Labute approximate surface area is 200 Å². The van der Waals surface area contributed by atoms with Crippen LogP contribution in [0.4, 0.5) is 4.79 Å². The van der Waals surface area contributed by atoms with E-state index < -0.39 is 23.4 Å². The molecule has 0 saturated carbocycles. The van der Waals surface area contributed by atoms with Gasteiger partial charge in [0.05, 0.1) is 5.75 Å². The van der Waals surface area contributed by atoms with Crippen LogP contribution >= 0.6 is 23.1 Å². The standard InChI is InChI=1S/C23H25N5O3S2/c1-13-14(2)33-20-18(13)19(24-15(3)25-20)32-12-17(29)27-28-21(30)23(4,26-22(28)31)11-10-16-8-6-5-7-9-16/h5-9H,10-12H2,1-4H3,(H,26,31)(H,27,29)/t23-/m0/s1. The van der Waals surface area contributed by atoms with Crippen LogP contribution in [0.1, 0.15) is 35.2 Å². The molecular weight excluding hydrogens is 458 g/mol. The van der Waals surface area contributed by atoms with E-state index in [9.17, 15) is 14.4 Å². The molecule has 1 aromatic carbocycles. The molecule has 1 atom stereocenters. The average molecular weight is 484 g/mol. The van der Waals surface area contributed by atoms with Crippen LogP contribution < -0.4 is 10.7 Å². The van der Waals surface area contributed by atoms with E-state index in [-0.39, 0.29) is 5.75 Å². The third-order valence-electron chi connectivity index (χ3n) is 5.70. The second kappa shape index (κ2) is 9.11. The molecule has 0 unspecified atom stereocenters. The number of fused-ring (bicyclic) bond motifs is 1. The number of carbonyl (C=O) groups is 3. The lowest BCUT2D eigenvalue weighted by atomic mass is 9.93. The Morgan fingerprint density at radius 3 is 2.64 bits per heavy atom. The maximum Gasteiger partial charge on any atom is 0.344 e. The van der Waals surface area contributed by atoms with Crippen molar-refractivity contribution in [2.75, 3.05) is 5.75 Å². The molecule has 4 rings (SSSR count). The van der Waals surface area contributed by atoms with Crippen LogP contribution in [0.3, 0.4) is 0 Å². The van der Waals surface area contributed by atoms with E-state index in [4.69, 9.17) is 0 Å². The fraction of sp³-hybridized carbons (Fsp3) is 0.348. The predicted octanol–water partition coefficient (Wildman–Crippen LogP) is 3.68. The monoisotopic (exact) mass is 483 g/mol. The summed E-state index contributed by atoms with van der Waals surface area (Å²) in [5.74, 6) is -0.274. The minimum atomic E-state index is -1.07. The number of thiophene rings is 1. The van der Waals surface area contributed by atoms with Gasteiger partial charge < -0.3 is 5.32 Å². The zero-order valence-electron chi connectivity index (χ0n) is 18.9. The van der Waals surface area contributed by atoms with Crippen molar-refractivity contribution in [2.24, 2.45) is 0 Å². The van der Waals surface area contributed by atoms with Gasteiger partial charge in [-0.25, -0.2) is 14.8 Å². The second-order valence-corrected chi connectivity index (χ2v) is 10.4. The molecule has 1 saturated heterocycles. The number of amides is 4. The summed E-state index contributed by atoms with van der Waals surface area (Å²) in [6.07, 6.45) is 1.06. The summed E-state index contributed by atoms with van der Waals surface area (Å²) in [5, 5.41) is 5.17. The molecule has 10 heteroatoms. The molecule has 2 aromatic heterocycles. The van der Waals surface area contributed by atoms with Crippen molar-refractivity contribution in [2.45, 2.75) is 51.1 Å². The first-order chi connectivity index (χ1) is 15.7. The Kier molecular flexibility index (Phi) is 6.40. The molecule has 2 N–H and O–H groups in total. The highest BCUT2D eigenvalue weighted by Crippen LogP contribution is 2.35. The molecule has 0 spiro atoms. The van der Waals surface area contributed by atoms with Gasteiger partial charge in [-0.05, 0) is 51.7 Å². The van der Waals surface area contributed by atoms with E-state index in [0.717, 1.165) is 36.3 Å². The van der Waals surface area contributed by atoms with Crippen molar-refractivity contribution >= 4 is 51.2 Å². The number of hydrazine groups is 1. The number of nitrogens with zero attached hydrogens (tertiary/aromatic N) is 3. The van der Waals surface area contributed by atoms with E-state index in [0.29, 0.717) is 18.7 Å². The molecule has 33 heavy (non-hydrogen) atoms. The van der Waals surface area contributed by atoms with Crippen LogP contribution in [0.5, 0.6) is 0 Å². The number of benzene rings is 1. The highest BCUT2D eigenvalue weighted by Gasteiger charge is 2.48. The van der Waals surface area contributed by atoms with Crippen LogP contribution in [0.2, 0.25) is 0 Å². The lowest BCUT2D eigenvalue weighted by Crippen LogP contribution is -2.49. The van der Waals surface area contributed by atoms with Crippen molar-refractivity contribution in [3.8, 4) is 0 Å². The highest BCUT2D eigenvalue weighted by atomic mass is 32.2. The fourth-order valence-electron chi connectivity index (χ4n) is 3.70. The van der Waals surface area contributed by atoms with E-state index in [1.54, 1.807) is 18.3 Å². The summed E-state index contributed by atoms with van der Waals surface area (Å²) in [4.78, 5) is 49.0. The maximum absolute atomic E-state index is 12.9. The largest absolute Gasteiger partial charge is 0.344 e. The third-order valence-corrected chi connectivity index (χ3v) is 7.78. The quantitative estimate of drug-likeness (QED) is 0.302. The zero-order valence-corrected chi connectivity index (χ0v) is 20.5. The molecule has 1 aliphatic heterocycles. The molecule has 1 fully saturated rings. The van der Waals surface area contributed by atoms with Gasteiger partial charge in [0.1, 0.15) is 21.2 Å². The number of nitrogens with one attached hydrogen (secondary N) is 2. The Hall–Kier alpha value is -2.98. The molecular formula is C23H25N5O3S2. The smallest absolute Gasteiger partial charge is 0.322 e. The topological polar surface area (TPSA) is 104 Å². The van der Waals surface area contributed by atoms with Crippen molar-refractivity contribution < 1.29 is 14.4 Å². The number of aromatic nitrogens is 2. The molecule has 0 aliphatic carbocycles. The van der Waals surface area contributed by atoms with Crippen LogP contribution in [0.25, 0.3) is 10.2 Å². The number of imide groups is 1. The van der Waals surface area contributed by atoms with E-state index in [2.05, 4.69) is 20.7 Å². The summed E-state index contributed by atoms with van der Waals surface area (Å²) in [6.45, 7) is 7.54. The number of urea groups is 1. The number of rotatable bonds is 7. The van der Waals surface area contributed by atoms with Crippen molar-refractivity contribution in [3.63, 3.8) is 0 Å². The van der Waals surface area contributed by atoms with Crippen LogP contribution in [0, 0.1) is 20.8 Å². The van der Waals surface area contributed by atoms with E-state index >= 15 is 0 Å². The van der Waals surface area contributed by atoms with Gasteiger partial charge in [0.2, 0.25) is 5.91 Å². The SMILES string of the molecule is Cc1nc(SCC(=O)NN2C(=O)N[C@@](C)(CCc3ccccc3)C2=O)c2c(C)c(C)sc2n1. The minimum absolute atomic E-state index is 0.0116. The Morgan fingerprint density at radius 2 is 1.91 bits per heavy atom. The number of aryl methyl sites for hydroxylation is 4. The summed E-state index contributed by atoms with van der Waals surface area (Å²) in [7, 11) is 0. The van der Waals surface area contributed by atoms with Gasteiger partial charge in [0, 0.05) is 10.3 Å². The Balaban J connectivity index is 1.40. The molecule has 0 bridgehead atoms. The third kappa shape index (κ3) is 4.72. The Bertz CT molecular complexity index is 1240. The van der Waals surface area contributed by atoms with E-state index in [1.165, 1.54) is 11.8 Å². The normalized spacial score (nSPS) is 18.1. The van der Waals surface area contributed by atoms with Gasteiger partial charge in [-0.15, -0.1) is 11.3 Å². The summed E-state index contributed by atoms with van der Waals surface area (Å²) in [5.41, 5.74) is 3.55. The lowest BCUT2D eigenvalue weighted by Gasteiger charge is -2.21. The molecule has 1 aliphatic rings. The summed E-state index contributed by atoms with van der Waals surface area (Å²) >= 11 is 2.87. The summed E-state index contributed by atoms with van der Waals surface area (Å²) < 4.78 is 0. The maximum atomic E-state index is 12.9. The Morgan fingerprint density at radius 1 is 1.18 bits per heavy atom. The van der Waals surface area contributed by atoms with Gasteiger partial charge >= 0.3 is 6.03 Å². The van der Waals surface area contributed by atoms with Gasteiger partial charge in [0.25, 0.3) is 5.91 Å². The number of hydrogen-bond acceptors (Lipinski definition) is 7. The van der Waals surface area contributed by atoms with Crippen molar-refractivity contribution in [1.29, 1.82) is 0 Å².